The Hall–Kier alpha value is -0.550. The van der Waals surface area contributed by atoms with Gasteiger partial charge in [-0.3, -0.25) is 0 Å². The first-order valence-electron chi connectivity index (χ1n) is 6.56. The van der Waals surface area contributed by atoms with Gasteiger partial charge in [0.25, 0.3) is 0 Å². The first-order chi connectivity index (χ1) is 7.53. The second-order valence-electron chi connectivity index (χ2n) is 5.85. The molecule has 0 aliphatic heterocycles. The molecule has 0 radical (unpaired) electrons. The van der Waals surface area contributed by atoms with Gasteiger partial charge in [0, 0.05) is 6.61 Å². The molecule has 1 saturated carbocycles. The van der Waals surface area contributed by atoms with Gasteiger partial charge in [-0.15, -0.1) is 0 Å². The molecule has 0 N–H and O–H groups in total. The molecule has 0 aromatic rings. The number of rotatable bonds is 5. The van der Waals surface area contributed by atoms with Gasteiger partial charge < -0.3 is 4.74 Å². The van der Waals surface area contributed by atoms with Crippen LogP contribution in [0, 0.1) is 22.7 Å². The van der Waals surface area contributed by atoms with Crippen molar-refractivity contribution in [1.82, 2.24) is 0 Å². The van der Waals surface area contributed by atoms with Crippen LogP contribution in [0.15, 0.2) is 0 Å². The van der Waals surface area contributed by atoms with Crippen LogP contribution < -0.4 is 0 Å². The largest absolute Gasteiger partial charge is 0.378 e. The van der Waals surface area contributed by atoms with E-state index in [-0.39, 0.29) is 5.41 Å². The van der Waals surface area contributed by atoms with Gasteiger partial charge in [0.15, 0.2) is 0 Å². The van der Waals surface area contributed by atoms with Gasteiger partial charge in [-0.25, -0.2) is 0 Å². The zero-order valence-electron chi connectivity index (χ0n) is 11.0. The Morgan fingerprint density at radius 1 is 1.25 bits per heavy atom. The van der Waals surface area contributed by atoms with E-state index in [4.69, 9.17) is 10.00 Å². The highest BCUT2D eigenvalue weighted by Gasteiger charge is 2.19. The Morgan fingerprint density at radius 3 is 2.44 bits per heavy atom. The molecule has 0 aromatic carbocycles. The van der Waals surface area contributed by atoms with Crippen LogP contribution in [0.3, 0.4) is 0 Å². The second kappa shape index (κ2) is 6.25. The monoisotopic (exact) mass is 223 g/mol. The minimum Gasteiger partial charge on any atom is -0.378 e. The molecule has 0 heterocycles. The number of nitriles is 1. The fourth-order valence-corrected chi connectivity index (χ4v) is 2.22. The van der Waals surface area contributed by atoms with Crippen molar-refractivity contribution in [1.29, 1.82) is 5.26 Å². The van der Waals surface area contributed by atoms with Crippen molar-refractivity contribution in [3.63, 3.8) is 0 Å². The number of hydrogen-bond donors (Lipinski definition) is 0. The first-order valence-corrected chi connectivity index (χ1v) is 6.56. The molecule has 1 aliphatic rings. The van der Waals surface area contributed by atoms with Crippen molar-refractivity contribution in [2.45, 2.75) is 65.4 Å². The van der Waals surface area contributed by atoms with Crippen molar-refractivity contribution in [2.24, 2.45) is 11.3 Å². The minimum atomic E-state index is -0.190. The summed E-state index contributed by atoms with van der Waals surface area (Å²) in [5.74, 6) is 0.886. The molecule has 1 fully saturated rings. The predicted molar refractivity (Wildman–Crippen MR) is 66.0 cm³/mol. The number of hydrogen-bond acceptors (Lipinski definition) is 2. The van der Waals surface area contributed by atoms with Crippen LogP contribution in [-0.4, -0.2) is 12.7 Å². The Labute approximate surface area is 100.0 Å². The Morgan fingerprint density at radius 2 is 1.88 bits per heavy atom. The molecule has 2 nitrogen and oxygen atoms in total. The van der Waals surface area contributed by atoms with Gasteiger partial charge in [-0.1, -0.05) is 6.92 Å². The third-order valence-corrected chi connectivity index (χ3v) is 3.57. The van der Waals surface area contributed by atoms with Crippen LogP contribution in [0.5, 0.6) is 0 Å². The van der Waals surface area contributed by atoms with Gasteiger partial charge in [-0.2, -0.15) is 5.26 Å². The standard InChI is InChI=1S/C14H25NO/c1-12-5-7-13(8-6-12)16-10-4-9-14(2,3)11-15/h12-13H,4-10H2,1-3H3. The van der Waals surface area contributed by atoms with E-state index < -0.39 is 0 Å². The smallest absolute Gasteiger partial charge is 0.0683 e. The van der Waals surface area contributed by atoms with Crippen LogP contribution in [0.4, 0.5) is 0 Å². The van der Waals surface area contributed by atoms with Gasteiger partial charge >= 0.3 is 0 Å². The third kappa shape index (κ3) is 4.99. The Balaban J connectivity index is 2.06. The van der Waals surface area contributed by atoms with Gasteiger partial charge in [0.05, 0.1) is 17.6 Å². The fourth-order valence-electron chi connectivity index (χ4n) is 2.22. The molecule has 0 spiro atoms. The maximum absolute atomic E-state index is 8.88. The highest BCUT2D eigenvalue weighted by molar-refractivity contribution is 4.91. The highest BCUT2D eigenvalue weighted by Crippen LogP contribution is 2.26. The zero-order valence-corrected chi connectivity index (χ0v) is 11.0. The van der Waals surface area contributed by atoms with E-state index in [2.05, 4.69) is 13.0 Å². The van der Waals surface area contributed by atoms with E-state index >= 15 is 0 Å². The quantitative estimate of drug-likeness (QED) is 0.662. The molecule has 1 aliphatic carbocycles. The Kier molecular flexibility index (Phi) is 5.28. The van der Waals surface area contributed by atoms with Crippen LogP contribution in [0.25, 0.3) is 0 Å². The van der Waals surface area contributed by atoms with E-state index in [0.29, 0.717) is 6.10 Å². The molecule has 92 valence electrons. The molecule has 2 heteroatoms. The molecular formula is C14H25NO. The van der Waals surface area contributed by atoms with Crippen molar-refractivity contribution in [2.75, 3.05) is 6.61 Å². The molecule has 16 heavy (non-hydrogen) atoms. The topological polar surface area (TPSA) is 33.0 Å². The lowest BCUT2D eigenvalue weighted by molar-refractivity contribution is 0.0160. The van der Waals surface area contributed by atoms with Gasteiger partial charge in [0.2, 0.25) is 0 Å². The van der Waals surface area contributed by atoms with Crippen molar-refractivity contribution in [3.8, 4) is 6.07 Å². The molecular weight excluding hydrogens is 198 g/mol. The van der Waals surface area contributed by atoms with Crippen LogP contribution in [0.1, 0.15) is 59.3 Å². The van der Waals surface area contributed by atoms with Crippen LogP contribution >= 0.6 is 0 Å². The summed E-state index contributed by atoms with van der Waals surface area (Å²) in [4.78, 5) is 0. The predicted octanol–water partition coefficient (Wildman–Crippen LogP) is 3.91. The lowest BCUT2D eigenvalue weighted by Gasteiger charge is -2.26. The van der Waals surface area contributed by atoms with Crippen LogP contribution in [-0.2, 0) is 4.74 Å². The molecule has 1 rings (SSSR count). The molecule has 0 saturated heterocycles. The van der Waals surface area contributed by atoms with Crippen molar-refractivity contribution < 1.29 is 4.74 Å². The van der Waals surface area contributed by atoms with Crippen molar-refractivity contribution in [3.05, 3.63) is 0 Å². The summed E-state index contributed by atoms with van der Waals surface area (Å²) in [6.45, 7) is 7.14. The van der Waals surface area contributed by atoms with E-state index in [0.717, 1.165) is 25.4 Å². The lowest BCUT2D eigenvalue weighted by Crippen LogP contribution is -2.21. The summed E-state index contributed by atoms with van der Waals surface area (Å²) in [6, 6.07) is 2.33. The molecule has 0 bridgehead atoms. The normalized spacial score (nSPS) is 26.4. The van der Waals surface area contributed by atoms with E-state index in [1.807, 2.05) is 13.8 Å². The van der Waals surface area contributed by atoms with E-state index in [1.54, 1.807) is 0 Å². The minimum absolute atomic E-state index is 0.190. The van der Waals surface area contributed by atoms with Gasteiger partial charge in [0.1, 0.15) is 0 Å². The SMILES string of the molecule is CC1CCC(OCCCC(C)(C)C#N)CC1. The summed E-state index contributed by atoms with van der Waals surface area (Å²) >= 11 is 0. The zero-order chi connectivity index (χ0) is 12.0. The number of nitrogens with zero attached hydrogens (tertiary/aromatic N) is 1. The van der Waals surface area contributed by atoms with Crippen LogP contribution in [0.2, 0.25) is 0 Å². The average Bonchev–Trinajstić information content (AvgIpc) is 2.27. The third-order valence-electron chi connectivity index (χ3n) is 3.57. The maximum atomic E-state index is 8.88. The number of ether oxygens (including phenoxy) is 1. The molecule has 0 aromatic heterocycles. The molecule has 0 unspecified atom stereocenters. The van der Waals surface area contributed by atoms with Crippen molar-refractivity contribution >= 4 is 0 Å². The summed E-state index contributed by atoms with van der Waals surface area (Å²) in [7, 11) is 0. The van der Waals surface area contributed by atoms with E-state index in [9.17, 15) is 0 Å². The first kappa shape index (κ1) is 13.5. The summed E-state index contributed by atoms with van der Waals surface area (Å²) < 4.78 is 5.86. The van der Waals surface area contributed by atoms with Gasteiger partial charge in [-0.05, 0) is 58.3 Å². The summed E-state index contributed by atoms with van der Waals surface area (Å²) in [5.41, 5.74) is -0.190. The van der Waals surface area contributed by atoms with E-state index in [1.165, 1.54) is 25.7 Å². The fraction of sp³-hybridized carbons (Fsp3) is 0.929. The summed E-state index contributed by atoms with van der Waals surface area (Å²) in [5, 5.41) is 8.88. The Bertz CT molecular complexity index is 234. The maximum Gasteiger partial charge on any atom is 0.0683 e. The molecule has 0 amide bonds. The highest BCUT2D eigenvalue weighted by atomic mass is 16.5. The average molecular weight is 223 g/mol. The summed E-state index contributed by atoms with van der Waals surface area (Å²) in [6.07, 6.45) is 7.51. The lowest BCUT2D eigenvalue weighted by atomic mass is 9.88. The second-order valence-corrected chi connectivity index (χ2v) is 5.85. The molecule has 0 atom stereocenters.